The van der Waals surface area contributed by atoms with Crippen molar-refractivity contribution < 1.29 is 9.53 Å². The molecule has 0 radical (unpaired) electrons. The number of anilines is 1. The van der Waals surface area contributed by atoms with Crippen molar-refractivity contribution in [2.45, 2.75) is 19.8 Å². The second-order valence-corrected chi connectivity index (χ2v) is 4.12. The van der Waals surface area contributed by atoms with Gasteiger partial charge < -0.3 is 9.64 Å². The van der Waals surface area contributed by atoms with E-state index in [-0.39, 0.29) is 11.9 Å². The fourth-order valence-corrected chi connectivity index (χ4v) is 2.07. The normalized spacial score (nSPS) is 17.2. The first kappa shape index (κ1) is 11.8. The summed E-state index contributed by atoms with van der Waals surface area (Å²) < 4.78 is 6.67. The number of carbonyl (C=O) groups excluding carboxylic acids is 1. The number of aryl methyl sites for hydroxylation is 1. The average molecular weight is 239 g/mol. The van der Waals surface area contributed by atoms with Gasteiger partial charge in [0.25, 0.3) is 0 Å². The maximum Gasteiger partial charge on any atom is 0.309 e. The molecule has 7 heteroatoms. The summed E-state index contributed by atoms with van der Waals surface area (Å²) in [6, 6.07) is 0. The van der Waals surface area contributed by atoms with Gasteiger partial charge in [0.2, 0.25) is 5.95 Å². The van der Waals surface area contributed by atoms with E-state index in [0.29, 0.717) is 6.61 Å². The molecule has 0 unspecified atom stereocenters. The van der Waals surface area contributed by atoms with Crippen LogP contribution in [-0.4, -0.2) is 45.9 Å². The van der Waals surface area contributed by atoms with Crippen LogP contribution < -0.4 is 4.90 Å². The maximum atomic E-state index is 11.6. The third kappa shape index (κ3) is 2.54. The molecule has 0 amide bonds. The van der Waals surface area contributed by atoms with Crippen LogP contribution in [0.5, 0.6) is 0 Å². The minimum absolute atomic E-state index is 0.0207. The van der Waals surface area contributed by atoms with Gasteiger partial charge in [-0.3, -0.25) is 4.79 Å². The summed E-state index contributed by atoms with van der Waals surface area (Å²) in [6.45, 7) is 3.86. The van der Waals surface area contributed by atoms with E-state index in [1.165, 1.54) is 0 Å². The molecule has 1 saturated heterocycles. The molecule has 0 atom stereocenters. The Labute approximate surface area is 99.7 Å². The highest BCUT2D eigenvalue weighted by molar-refractivity contribution is 5.72. The Morgan fingerprint density at radius 3 is 2.71 bits per heavy atom. The number of hydrogen-bond donors (Lipinski definition) is 0. The monoisotopic (exact) mass is 239 g/mol. The highest BCUT2D eigenvalue weighted by Crippen LogP contribution is 2.21. The highest BCUT2D eigenvalue weighted by atomic mass is 16.5. The standard InChI is InChI=1S/C10H17N5O2/c1-3-17-9(16)8-4-6-15(7-5-8)10-11-12-13-14(10)2/h8H,3-7H2,1-2H3. The van der Waals surface area contributed by atoms with E-state index in [4.69, 9.17) is 4.74 Å². The van der Waals surface area contributed by atoms with Crippen molar-refractivity contribution in [1.29, 1.82) is 0 Å². The summed E-state index contributed by atoms with van der Waals surface area (Å²) in [4.78, 5) is 13.7. The number of esters is 1. The summed E-state index contributed by atoms with van der Waals surface area (Å²) >= 11 is 0. The van der Waals surface area contributed by atoms with Crippen LogP contribution in [0.2, 0.25) is 0 Å². The van der Waals surface area contributed by atoms with Gasteiger partial charge >= 0.3 is 5.97 Å². The number of aromatic nitrogens is 4. The van der Waals surface area contributed by atoms with Crippen molar-refractivity contribution >= 4 is 11.9 Å². The predicted octanol–water partition coefficient (Wildman–Crippen LogP) is -0.0104. The van der Waals surface area contributed by atoms with Gasteiger partial charge in [-0.05, 0) is 30.2 Å². The molecule has 1 aromatic rings. The number of piperidine rings is 1. The molecule has 1 aliphatic heterocycles. The predicted molar refractivity (Wildman–Crippen MR) is 60.4 cm³/mol. The van der Waals surface area contributed by atoms with Crippen LogP contribution in [0.4, 0.5) is 5.95 Å². The van der Waals surface area contributed by atoms with E-state index in [0.717, 1.165) is 31.9 Å². The van der Waals surface area contributed by atoms with Crippen LogP contribution in [0.1, 0.15) is 19.8 Å². The fourth-order valence-electron chi connectivity index (χ4n) is 2.07. The number of rotatable bonds is 3. The molecule has 1 fully saturated rings. The molecule has 2 heterocycles. The van der Waals surface area contributed by atoms with E-state index in [9.17, 15) is 4.79 Å². The van der Waals surface area contributed by atoms with Crippen LogP contribution >= 0.6 is 0 Å². The van der Waals surface area contributed by atoms with Gasteiger partial charge in [-0.2, -0.15) is 0 Å². The lowest BCUT2D eigenvalue weighted by Crippen LogP contribution is -2.38. The SMILES string of the molecule is CCOC(=O)C1CCN(c2nnnn2C)CC1. The second-order valence-electron chi connectivity index (χ2n) is 4.12. The Hall–Kier alpha value is -1.66. The van der Waals surface area contributed by atoms with Crippen LogP contribution in [0.3, 0.4) is 0 Å². The molecule has 0 saturated carbocycles. The highest BCUT2D eigenvalue weighted by Gasteiger charge is 2.27. The lowest BCUT2D eigenvalue weighted by Gasteiger charge is -2.30. The molecule has 0 N–H and O–H groups in total. The minimum Gasteiger partial charge on any atom is -0.466 e. The lowest BCUT2D eigenvalue weighted by molar-refractivity contribution is -0.148. The lowest BCUT2D eigenvalue weighted by atomic mass is 9.97. The van der Waals surface area contributed by atoms with E-state index in [1.54, 1.807) is 4.68 Å². The van der Waals surface area contributed by atoms with E-state index >= 15 is 0 Å². The molecular weight excluding hydrogens is 222 g/mol. The zero-order valence-corrected chi connectivity index (χ0v) is 10.2. The van der Waals surface area contributed by atoms with Crippen molar-refractivity contribution in [3.63, 3.8) is 0 Å². The topological polar surface area (TPSA) is 73.1 Å². The van der Waals surface area contributed by atoms with Crippen molar-refractivity contribution in [1.82, 2.24) is 20.2 Å². The van der Waals surface area contributed by atoms with Crippen LogP contribution in [0, 0.1) is 5.92 Å². The average Bonchev–Trinajstić information content (AvgIpc) is 2.76. The number of carbonyl (C=O) groups is 1. The third-order valence-corrected chi connectivity index (χ3v) is 3.00. The van der Waals surface area contributed by atoms with Crippen LogP contribution in [0.15, 0.2) is 0 Å². The fraction of sp³-hybridized carbons (Fsp3) is 0.800. The zero-order chi connectivity index (χ0) is 12.3. The van der Waals surface area contributed by atoms with Crippen LogP contribution in [0.25, 0.3) is 0 Å². The van der Waals surface area contributed by atoms with Gasteiger partial charge in [0.1, 0.15) is 0 Å². The largest absolute Gasteiger partial charge is 0.466 e. The Morgan fingerprint density at radius 1 is 1.47 bits per heavy atom. The molecule has 7 nitrogen and oxygen atoms in total. The molecule has 1 aliphatic rings. The van der Waals surface area contributed by atoms with Crippen molar-refractivity contribution in [2.24, 2.45) is 13.0 Å². The smallest absolute Gasteiger partial charge is 0.309 e. The number of nitrogens with zero attached hydrogens (tertiary/aromatic N) is 5. The first-order valence-corrected chi connectivity index (χ1v) is 5.86. The number of ether oxygens (including phenoxy) is 1. The molecular formula is C10H17N5O2. The minimum atomic E-state index is -0.0803. The molecule has 1 aromatic heterocycles. The van der Waals surface area contributed by atoms with E-state index in [1.807, 2.05) is 14.0 Å². The number of hydrogen-bond acceptors (Lipinski definition) is 6. The first-order chi connectivity index (χ1) is 8.22. The molecule has 0 aliphatic carbocycles. The van der Waals surface area contributed by atoms with Gasteiger partial charge in [0.15, 0.2) is 0 Å². The molecule has 0 bridgehead atoms. The van der Waals surface area contributed by atoms with Crippen molar-refractivity contribution in [2.75, 3.05) is 24.6 Å². The van der Waals surface area contributed by atoms with E-state index in [2.05, 4.69) is 20.4 Å². The Bertz CT molecular complexity index is 384. The summed E-state index contributed by atoms with van der Waals surface area (Å²) in [7, 11) is 1.81. The molecule has 17 heavy (non-hydrogen) atoms. The molecule has 2 rings (SSSR count). The molecule has 94 valence electrons. The quantitative estimate of drug-likeness (QED) is 0.691. The molecule has 0 aromatic carbocycles. The maximum absolute atomic E-state index is 11.6. The third-order valence-electron chi connectivity index (χ3n) is 3.00. The second kappa shape index (κ2) is 5.11. The summed E-state index contributed by atoms with van der Waals surface area (Å²) in [5, 5.41) is 11.4. The zero-order valence-electron chi connectivity index (χ0n) is 10.2. The van der Waals surface area contributed by atoms with Crippen molar-refractivity contribution in [3.8, 4) is 0 Å². The summed E-state index contributed by atoms with van der Waals surface area (Å²) in [5.74, 6) is 0.697. The van der Waals surface area contributed by atoms with Gasteiger partial charge in [0.05, 0.1) is 12.5 Å². The van der Waals surface area contributed by atoms with Gasteiger partial charge in [-0.1, -0.05) is 5.10 Å². The molecule has 0 spiro atoms. The Morgan fingerprint density at radius 2 is 2.18 bits per heavy atom. The Balaban J connectivity index is 1.90. The van der Waals surface area contributed by atoms with Gasteiger partial charge in [-0.15, -0.1) is 0 Å². The first-order valence-electron chi connectivity index (χ1n) is 5.86. The van der Waals surface area contributed by atoms with E-state index < -0.39 is 0 Å². The van der Waals surface area contributed by atoms with Crippen LogP contribution in [-0.2, 0) is 16.6 Å². The summed E-state index contributed by atoms with van der Waals surface area (Å²) in [6.07, 6.45) is 1.59. The Kier molecular flexibility index (Phi) is 3.55. The van der Waals surface area contributed by atoms with Gasteiger partial charge in [-0.25, -0.2) is 4.68 Å². The summed E-state index contributed by atoms with van der Waals surface area (Å²) in [5.41, 5.74) is 0. The number of tetrazole rings is 1. The van der Waals surface area contributed by atoms with Gasteiger partial charge in [0, 0.05) is 20.1 Å². The van der Waals surface area contributed by atoms with Crippen molar-refractivity contribution in [3.05, 3.63) is 0 Å².